The second-order valence-corrected chi connectivity index (χ2v) is 6.58. The standard InChI is InChI=1S/C18H20N4O2S/c1-3-10-22-17(15-5-4-11-24-15)20-21-18(22)25-12-16(23)19-14-8-6-13(2)7-9-14/h4-9,11H,3,10,12H2,1-2H3,(H,19,23). The van der Waals surface area contributed by atoms with E-state index in [2.05, 4.69) is 22.4 Å². The van der Waals surface area contributed by atoms with Crippen LogP contribution in [0, 0.1) is 6.92 Å². The minimum atomic E-state index is -0.0700. The zero-order chi connectivity index (χ0) is 17.6. The molecule has 1 N–H and O–H groups in total. The Morgan fingerprint density at radius 2 is 2.04 bits per heavy atom. The van der Waals surface area contributed by atoms with E-state index in [0.717, 1.165) is 24.2 Å². The van der Waals surface area contributed by atoms with Crippen molar-refractivity contribution in [1.29, 1.82) is 0 Å². The molecule has 0 radical (unpaired) electrons. The van der Waals surface area contributed by atoms with Crippen LogP contribution in [-0.2, 0) is 11.3 Å². The molecule has 1 aromatic carbocycles. The molecular formula is C18H20N4O2S. The number of carbonyl (C=O) groups is 1. The number of aromatic nitrogens is 3. The number of amides is 1. The number of hydrogen-bond acceptors (Lipinski definition) is 5. The fourth-order valence-corrected chi connectivity index (χ4v) is 3.14. The highest BCUT2D eigenvalue weighted by atomic mass is 32.2. The summed E-state index contributed by atoms with van der Waals surface area (Å²) in [6.07, 6.45) is 2.55. The zero-order valence-corrected chi connectivity index (χ0v) is 15.0. The van der Waals surface area contributed by atoms with Gasteiger partial charge in [-0.25, -0.2) is 0 Å². The van der Waals surface area contributed by atoms with Crippen molar-refractivity contribution in [1.82, 2.24) is 14.8 Å². The number of anilines is 1. The summed E-state index contributed by atoms with van der Waals surface area (Å²) < 4.78 is 7.41. The van der Waals surface area contributed by atoms with Gasteiger partial charge in [0.1, 0.15) is 0 Å². The molecule has 0 spiro atoms. The Hall–Kier alpha value is -2.54. The van der Waals surface area contributed by atoms with Gasteiger partial charge in [-0.15, -0.1) is 10.2 Å². The van der Waals surface area contributed by atoms with Crippen LogP contribution in [0.5, 0.6) is 0 Å². The van der Waals surface area contributed by atoms with Crippen LogP contribution in [0.1, 0.15) is 18.9 Å². The maximum absolute atomic E-state index is 12.2. The maximum Gasteiger partial charge on any atom is 0.234 e. The van der Waals surface area contributed by atoms with E-state index in [4.69, 9.17) is 4.42 Å². The lowest BCUT2D eigenvalue weighted by Gasteiger charge is -2.08. The summed E-state index contributed by atoms with van der Waals surface area (Å²) in [5.41, 5.74) is 1.95. The fourth-order valence-electron chi connectivity index (χ4n) is 2.37. The zero-order valence-electron chi connectivity index (χ0n) is 14.2. The van der Waals surface area contributed by atoms with Crippen molar-refractivity contribution in [3.8, 4) is 11.6 Å². The number of aryl methyl sites for hydroxylation is 1. The Bertz CT molecular complexity index is 825. The van der Waals surface area contributed by atoms with Crippen LogP contribution >= 0.6 is 11.8 Å². The van der Waals surface area contributed by atoms with Crippen LogP contribution in [0.4, 0.5) is 5.69 Å². The highest BCUT2D eigenvalue weighted by Gasteiger charge is 2.16. The Morgan fingerprint density at radius 1 is 1.24 bits per heavy atom. The van der Waals surface area contributed by atoms with Crippen molar-refractivity contribution in [3.05, 3.63) is 48.2 Å². The molecule has 1 amide bonds. The average molecular weight is 356 g/mol. The van der Waals surface area contributed by atoms with Crippen molar-refractivity contribution >= 4 is 23.4 Å². The third-order valence-electron chi connectivity index (χ3n) is 3.57. The predicted octanol–water partition coefficient (Wildman–Crippen LogP) is 3.99. The van der Waals surface area contributed by atoms with E-state index in [1.165, 1.54) is 11.8 Å². The Kier molecular flexibility index (Phi) is 5.55. The molecule has 0 aliphatic carbocycles. The minimum Gasteiger partial charge on any atom is -0.461 e. The van der Waals surface area contributed by atoms with Gasteiger partial charge in [0, 0.05) is 12.2 Å². The number of furan rings is 1. The number of nitrogens with one attached hydrogen (secondary N) is 1. The molecule has 3 rings (SSSR count). The smallest absolute Gasteiger partial charge is 0.234 e. The molecule has 0 aliphatic heterocycles. The third kappa shape index (κ3) is 4.30. The molecule has 0 aliphatic rings. The molecule has 25 heavy (non-hydrogen) atoms. The molecule has 0 fully saturated rings. The van der Waals surface area contributed by atoms with Crippen LogP contribution in [-0.4, -0.2) is 26.4 Å². The van der Waals surface area contributed by atoms with Crippen LogP contribution in [0.2, 0.25) is 0 Å². The first kappa shape index (κ1) is 17.3. The van der Waals surface area contributed by atoms with Crippen molar-refractivity contribution < 1.29 is 9.21 Å². The Morgan fingerprint density at radius 3 is 2.72 bits per heavy atom. The Labute approximate surface area is 150 Å². The quantitative estimate of drug-likeness (QED) is 0.648. The SMILES string of the molecule is CCCn1c(SCC(=O)Nc2ccc(C)cc2)nnc1-c1ccco1. The minimum absolute atomic E-state index is 0.0700. The van der Waals surface area contributed by atoms with Crippen molar-refractivity contribution in [2.45, 2.75) is 32.0 Å². The van der Waals surface area contributed by atoms with Crippen molar-refractivity contribution in [2.75, 3.05) is 11.1 Å². The summed E-state index contributed by atoms with van der Waals surface area (Å²) in [4.78, 5) is 12.2. The lowest BCUT2D eigenvalue weighted by Crippen LogP contribution is -2.14. The molecule has 0 bridgehead atoms. The van der Waals surface area contributed by atoms with Gasteiger partial charge in [-0.2, -0.15) is 0 Å². The first-order valence-electron chi connectivity index (χ1n) is 8.13. The number of thioether (sulfide) groups is 1. The molecular weight excluding hydrogens is 336 g/mol. The topological polar surface area (TPSA) is 73.0 Å². The van der Waals surface area contributed by atoms with Gasteiger partial charge in [-0.05, 0) is 37.6 Å². The van der Waals surface area contributed by atoms with E-state index in [0.29, 0.717) is 16.7 Å². The molecule has 0 unspecified atom stereocenters. The average Bonchev–Trinajstić information content (AvgIpc) is 3.25. The van der Waals surface area contributed by atoms with Gasteiger partial charge in [-0.3, -0.25) is 9.36 Å². The maximum atomic E-state index is 12.2. The monoisotopic (exact) mass is 356 g/mol. The van der Waals surface area contributed by atoms with Crippen LogP contribution in [0.3, 0.4) is 0 Å². The molecule has 2 heterocycles. The van der Waals surface area contributed by atoms with Gasteiger partial charge in [-0.1, -0.05) is 36.4 Å². The number of rotatable bonds is 7. The van der Waals surface area contributed by atoms with E-state index >= 15 is 0 Å². The van der Waals surface area contributed by atoms with Crippen LogP contribution in [0.25, 0.3) is 11.6 Å². The predicted molar refractivity (Wildman–Crippen MR) is 98.5 cm³/mol. The third-order valence-corrected chi connectivity index (χ3v) is 4.54. The highest BCUT2D eigenvalue weighted by molar-refractivity contribution is 7.99. The lowest BCUT2D eigenvalue weighted by atomic mass is 10.2. The lowest BCUT2D eigenvalue weighted by molar-refractivity contribution is -0.113. The summed E-state index contributed by atoms with van der Waals surface area (Å²) in [5.74, 6) is 1.57. The van der Waals surface area contributed by atoms with E-state index in [9.17, 15) is 4.79 Å². The van der Waals surface area contributed by atoms with E-state index in [1.54, 1.807) is 6.26 Å². The van der Waals surface area contributed by atoms with Crippen molar-refractivity contribution in [2.24, 2.45) is 0 Å². The van der Waals surface area contributed by atoms with Gasteiger partial charge in [0.05, 0.1) is 12.0 Å². The molecule has 0 saturated carbocycles. The first-order valence-corrected chi connectivity index (χ1v) is 9.12. The van der Waals surface area contributed by atoms with Gasteiger partial charge in [0.2, 0.25) is 5.91 Å². The van der Waals surface area contributed by atoms with Crippen molar-refractivity contribution in [3.63, 3.8) is 0 Å². The molecule has 0 atom stereocenters. The molecule has 6 nitrogen and oxygen atoms in total. The van der Waals surface area contributed by atoms with E-state index in [1.807, 2.05) is 47.9 Å². The number of hydrogen-bond donors (Lipinski definition) is 1. The normalized spacial score (nSPS) is 10.8. The van der Waals surface area contributed by atoms with E-state index < -0.39 is 0 Å². The van der Waals surface area contributed by atoms with Gasteiger partial charge in [0.15, 0.2) is 16.7 Å². The van der Waals surface area contributed by atoms with Crippen LogP contribution in [0.15, 0.2) is 52.2 Å². The molecule has 7 heteroatoms. The molecule has 130 valence electrons. The summed E-state index contributed by atoms with van der Waals surface area (Å²) >= 11 is 1.37. The molecule has 0 saturated heterocycles. The number of carbonyl (C=O) groups excluding carboxylic acids is 1. The van der Waals surface area contributed by atoms with Crippen LogP contribution < -0.4 is 5.32 Å². The summed E-state index contributed by atoms with van der Waals surface area (Å²) in [6.45, 7) is 4.87. The fraction of sp³-hybridized carbons (Fsp3) is 0.278. The van der Waals surface area contributed by atoms with E-state index in [-0.39, 0.29) is 11.7 Å². The largest absolute Gasteiger partial charge is 0.461 e. The second-order valence-electron chi connectivity index (χ2n) is 5.64. The summed E-state index contributed by atoms with van der Waals surface area (Å²) in [7, 11) is 0. The molecule has 2 aromatic heterocycles. The number of benzene rings is 1. The number of nitrogens with zero attached hydrogens (tertiary/aromatic N) is 3. The summed E-state index contributed by atoms with van der Waals surface area (Å²) in [5, 5.41) is 12.0. The second kappa shape index (κ2) is 8.02. The highest BCUT2D eigenvalue weighted by Crippen LogP contribution is 2.24. The summed E-state index contributed by atoms with van der Waals surface area (Å²) in [6, 6.07) is 11.4. The first-order chi connectivity index (χ1) is 12.2. The Balaban J connectivity index is 1.66. The van der Waals surface area contributed by atoms with Gasteiger partial charge < -0.3 is 9.73 Å². The molecule has 3 aromatic rings. The van der Waals surface area contributed by atoms with Gasteiger partial charge in [0.25, 0.3) is 0 Å². The van der Waals surface area contributed by atoms with Gasteiger partial charge >= 0.3 is 0 Å².